The summed E-state index contributed by atoms with van der Waals surface area (Å²) in [4.78, 5) is 11.5. The van der Waals surface area contributed by atoms with E-state index in [1.807, 2.05) is 6.08 Å². The fourth-order valence-electron chi connectivity index (χ4n) is 3.48. The fraction of sp³-hybridized carbons (Fsp3) is 0.769. The molecule has 0 heterocycles. The largest absolute Gasteiger partial charge is 0.388 e. The van der Waals surface area contributed by atoms with Crippen LogP contribution in [-0.2, 0) is 4.79 Å². The maximum atomic E-state index is 11.5. The van der Waals surface area contributed by atoms with Crippen LogP contribution in [0.25, 0.3) is 0 Å². The first-order valence-corrected chi connectivity index (χ1v) is 5.87. The van der Waals surface area contributed by atoms with E-state index in [0.29, 0.717) is 12.3 Å². The zero-order valence-electron chi connectivity index (χ0n) is 9.79. The van der Waals surface area contributed by atoms with Crippen LogP contribution in [0.3, 0.4) is 0 Å². The number of rotatable bonds is 1. The molecule has 0 radical (unpaired) electrons. The van der Waals surface area contributed by atoms with E-state index < -0.39 is 5.60 Å². The van der Waals surface area contributed by atoms with Gasteiger partial charge in [0.1, 0.15) is 0 Å². The van der Waals surface area contributed by atoms with Gasteiger partial charge in [-0.1, -0.05) is 26.8 Å². The van der Waals surface area contributed by atoms with Crippen LogP contribution in [0.5, 0.6) is 0 Å². The van der Waals surface area contributed by atoms with Gasteiger partial charge >= 0.3 is 0 Å². The predicted molar refractivity (Wildman–Crippen MR) is 59.4 cm³/mol. The van der Waals surface area contributed by atoms with E-state index in [1.54, 1.807) is 6.08 Å². The molecule has 1 saturated carbocycles. The predicted octanol–water partition coefficient (Wildman–Crippen LogP) is 2.32. The molecule has 0 aliphatic heterocycles. The minimum absolute atomic E-state index is 0.0718. The van der Waals surface area contributed by atoms with Gasteiger partial charge < -0.3 is 5.11 Å². The molecule has 1 N–H and O–H groups in total. The van der Waals surface area contributed by atoms with Gasteiger partial charge in [-0.15, -0.1) is 0 Å². The molecule has 1 fully saturated rings. The Morgan fingerprint density at radius 3 is 2.80 bits per heavy atom. The Hall–Kier alpha value is -0.630. The summed E-state index contributed by atoms with van der Waals surface area (Å²) in [5.41, 5.74) is -0.965. The SMILES string of the molecule is CC(C)[C@@]12C=CC(=O)C[C@]1(O)[C@H](C)CC2. The van der Waals surface area contributed by atoms with Crippen molar-refractivity contribution in [3.05, 3.63) is 12.2 Å². The lowest BCUT2D eigenvalue weighted by Crippen LogP contribution is -2.52. The zero-order chi connectivity index (χ0) is 11.3. The van der Waals surface area contributed by atoms with Crippen LogP contribution in [0.4, 0.5) is 0 Å². The molecule has 3 atom stereocenters. The molecule has 2 nitrogen and oxygen atoms in total. The fourth-order valence-corrected chi connectivity index (χ4v) is 3.48. The third-order valence-corrected chi connectivity index (χ3v) is 4.65. The first-order chi connectivity index (χ1) is 6.92. The molecule has 0 spiro atoms. The summed E-state index contributed by atoms with van der Waals surface area (Å²) in [6.07, 6.45) is 5.99. The third-order valence-electron chi connectivity index (χ3n) is 4.65. The van der Waals surface area contributed by atoms with Crippen molar-refractivity contribution in [1.29, 1.82) is 0 Å². The van der Waals surface area contributed by atoms with Crippen LogP contribution < -0.4 is 0 Å². The standard InChI is InChI=1S/C13H20O2/c1-9(2)12-6-4-10(3)13(12,15)8-11(14)5-7-12/h5,7,9-10,15H,4,6,8H2,1-3H3/t10-,12-,13+/m1/s1. The molecule has 2 aliphatic carbocycles. The average Bonchev–Trinajstić information content (AvgIpc) is 2.40. The molecule has 15 heavy (non-hydrogen) atoms. The lowest BCUT2D eigenvalue weighted by molar-refractivity contribution is -0.134. The maximum Gasteiger partial charge on any atom is 0.158 e. The Balaban J connectivity index is 2.50. The Labute approximate surface area is 91.4 Å². The van der Waals surface area contributed by atoms with Crippen molar-refractivity contribution in [2.75, 3.05) is 0 Å². The van der Waals surface area contributed by atoms with Gasteiger partial charge in [0.2, 0.25) is 0 Å². The molecule has 0 amide bonds. The van der Waals surface area contributed by atoms with Gasteiger partial charge in [-0.05, 0) is 30.8 Å². The van der Waals surface area contributed by atoms with Gasteiger partial charge in [0.15, 0.2) is 5.78 Å². The minimum Gasteiger partial charge on any atom is -0.388 e. The molecule has 0 aromatic rings. The van der Waals surface area contributed by atoms with Gasteiger partial charge in [0.05, 0.1) is 5.60 Å². The highest BCUT2D eigenvalue weighted by Gasteiger charge is 2.59. The number of ketones is 1. The van der Waals surface area contributed by atoms with Crippen molar-refractivity contribution < 1.29 is 9.90 Å². The van der Waals surface area contributed by atoms with Crippen molar-refractivity contribution in [2.45, 2.75) is 45.6 Å². The Morgan fingerprint density at radius 1 is 1.53 bits per heavy atom. The van der Waals surface area contributed by atoms with Crippen molar-refractivity contribution >= 4 is 5.78 Å². The van der Waals surface area contributed by atoms with Gasteiger partial charge in [-0.25, -0.2) is 0 Å². The first-order valence-electron chi connectivity index (χ1n) is 5.87. The van der Waals surface area contributed by atoms with Crippen molar-refractivity contribution in [2.24, 2.45) is 17.3 Å². The smallest absolute Gasteiger partial charge is 0.158 e. The Kier molecular flexibility index (Phi) is 2.30. The maximum absolute atomic E-state index is 11.5. The summed E-state index contributed by atoms with van der Waals surface area (Å²) < 4.78 is 0. The molecule has 84 valence electrons. The molecule has 0 aromatic heterocycles. The number of aliphatic hydroxyl groups is 1. The highest BCUT2D eigenvalue weighted by atomic mass is 16.3. The number of hydrogen-bond acceptors (Lipinski definition) is 2. The summed E-state index contributed by atoms with van der Waals surface area (Å²) in [7, 11) is 0. The number of hydrogen-bond donors (Lipinski definition) is 1. The average molecular weight is 208 g/mol. The van der Waals surface area contributed by atoms with Crippen molar-refractivity contribution in [3.63, 3.8) is 0 Å². The van der Waals surface area contributed by atoms with Crippen molar-refractivity contribution in [3.8, 4) is 0 Å². The molecule has 2 aliphatic rings. The van der Waals surface area contributed by atoms with E-state index in [-0.39, 0.29) is 17.1 Å². The van der Waals surface area contributed by atoms with E-state index in [1.165, 1.54) is 0 Å². The minimum atomic E-state index is -0.799. The molecule has 2 rings (SSSR count). The van der Waals surface area contributed by atoms with Crippen LogP contribution in [0.1, 0.15) is 40.0 Å². The summed E-state index contributed by atoms with van der Waals surface area (Å²) in [5, 5.41) is 10.8. The van der Waals surface area contributed by atoms with Gasteiger partial charge in [0, 0.05) is 11.8 Å². The monoisotopic (exact) mass is 208 g/mol. The Morgan fingerprint density at radius 2 is 2.20 bits per heavy atom. The summed E-state index contributed by atoms with van der Waals surface area (Å²) in [6, 6.07) is 0. The highest BCUT2D eigenvalue weighted by molar-refractivity contribution is 5.92. The molecule has 2 heteroatoms. The third kappa shape index (κ3) is 1.24. The van der Waals surface area contributed by atoms with E-state index >= 15 is 0 Å². The lowest BCUT2D eigenvalue weighted by Gasteiger charge is -2.47. The normalized spacial score (nSPS) is 44.9. The van der Waals surface area contributed by atoms with E-state index in [9.17, 15) is 9.90 Å². The number of carbonyl (C=O) groups is 1. The number of allylic oxidation sites excluding steroid dienone is 1. The highest BCUT2D eigenvalue weighted by Crippen LogP contribution is 2.58. The number of fused-ring (bicyclic) bond motifs is 1. The quantitative estimate of drug-likeness (QED) is 0.718. The van der Waals surface area contributed by atoms with Crippen molar-refractivity contribution in [1.82, 2.24) is 0 Å². The van der Waals surface area contributed by atoms with Crippen LogP contribution in [-0.4, -0.2) is 16.5 Å². The van der Waals surface area contributed by atoms with Gasteiger partial charge in [-0.3, -0.25) is 4.79 Å². The molecule has 0 aromatic carbocycles. The summed E-state index contributed by atoms with van der Waals surface area (Å²) >= 11 is 0. The molecular weight excluding hydrogens is 188 g/mol. The van der Waals surface area contributed by atoms with Crippen LogP contribution in [0.2, 0.25) is 0 Å². The molecular formula is C13H20O2. The summed E-state index contributed by atoms with van der Waals surface area (Å²) in [6.45, 7) is 6.35. The van der Waals surface area contributed by atoms with Gasteiger partial charge in [0.25, 0.3) is 0 Å². The second-order valence-electron chi connectivity index (χ2n) is 5.54. The second-order valence-corrected chi connectivity index (χ2v) is 5.54. The zero-order valence-corrected chi connectivity index (χ0v) is 9.79. The van der Waals surface area contributed by atoms with E-state index in [0.717, 1.165) is 12.8 Å². The van der Waals surface area contributed by atoms with E-state index in [4.69, 9.17) is 0 Å². The topological polar surface area (TPSA) is 37.3 Å². The van der Waals surface area contributed by atoms with Crippen LogP contribution in [0.15, 0.2) is 12.2 Å². The van der Waals surface area contributed by atoms with Crippen LogP contribution >= 0.6 is 0 Å². The Bertz CT molecular complexity index is 318. The summed E-state index contributed by atoms with van der Waals surface area (Å²) in [5.74, 6) is 0.688. The first kappa shape index (κ1) is 10.9. The molecule has 0 saturated heterocycles. The second kappa shape index (κ2) is 3.18. The molecule has 0 unspecified atom stereocenters. The van der Waals surface area contributed by atoms with Gasteiger partial charge in [-0.2, -0.15) is 0 Å². The molecule has 0 bridgehead atoms. The van der Waals surface area contributed by atoms with E-state index in [2.05, 4.69) is 20.8 Å². The lowest BCUT2D eigenvalue weighted by atomic mass is 9.61. The number of carbonyl (C=O) groups excluding carboxylic acids is 1. The van der Waals surface area contributed by atoms with Crippen LogP contribution in [0, 0.1) is 17.3 Å².